The molecule has 1 aromatic carbocycles. The summed E-state index contributed by atoms with van der Waals surface area (Å²) in [5, 5.41) is 10.0. The number of benzene rings is 1. The molecule has 0 radical (unpaired) electrons. The Morgan fingerprint density at radius 2 is 1.82 bits per heavy atom. The second kappa shape index (κ2) is 5.68. The number of nitrogens with two attached hydrogens (primary N) is 1. The zero-order chi connectivity index (χ0) is 12.9. The van der Waals surface area contributed by atoms with E-state index in [2.05, 4.69) is 0 Å². The minimum atomic E-state index is -0.789. The Labute approximate surface area is 101 Å². The molecule has 1 aromatic rings. The van der Waals surface area contributed by atoms with Crippen LogP contribution in [0.15, 0.2) is 24.3 Å². The second-order valence-electron chi connectivity index (χ2n) is 4.11. The zero-order valence-electron chi connectivity index (χ0n) is 10.3. The summed E-state index contributed by atoms with van der Waals surface area (Å²) in [4.78, 5) is 10.9. The largest absolute Gasteiger partial charge is 0.491 e. The molecular weight excluding hydrogens is 218 g/mol. The summed E-state index contributed by atoms with van der Waals surface area (Å²) in [5.41, 5.74) is 4.78. The number of primary amides is 1. The molecule has 3 N–H and O–H groups in total. The van der Waals surface area contributed by atoms with Crippen LogP contribution in [0.2, 0.25) is 0 Å². The second-order valence-corrected chi connectivity index (χ2v) is 4.11. The molecule has 0 aromatic heterocycles. The lowest BCUT2D eigenvalue weighted by molar-refractivity contribution is -0.0113. The summed E-state index contributed by atoms with van der Waals surface area (Å²) in [7, 11) is 0. The molecule has 4 heteroatoms. The van der Waals surface area contributed by atoms with Gasteiger partial charge in [0.25, 0.3) is 0 Å². The minimum absolute atomic E-state index is 0.246. The molecule has 0 atom stereocenters. The maximum absolute atomic E-state index is 10.9. The summed E-state index contributed by atoms with van der Waals surface area (Å²) in [5.74, 6) is 0.158. The van der Waals surface area contributed by atoms with Crippen molar-refractivity contribution in [3.63, 3.8) is 0 Å². The van der Waals surface area contributed by atoms with E-state index in [1.54, 1.807) is 24.3 Å². The summed E-state index contributed by atoms with van der Waals surface area (Å²) in [6, 6.07) is 6.56. The average Bonchev–Trinajstić information content (AvgIpc) is 2.36. The first-order valence-corrected chi connectivity index (χ1v) is 5.76. The molecule has 1 amide bonds. The number of carbonyl (C=O) groups is 1. The van der Waals surface area contributed by atoms with Crippen LogP contribution in [0.3, 0.4) is 0 Å². The highest BCUT2D eigenvalue weighted by atomic mass is 16.5. The van der Waals surface area contributed by atoms with Gasteiger partial charge in [0.1, 0.15) is 12.4 Å². The molecule has 0 aliphatic rings. The van der Waals surface area contributed by atoms with Crippen molar-refractivity contribution in [1.29, 1.82) is 0 Å². The van der Waals surface area contributed by atoms with Crippen LogP contribution in [0.4, 0.5) is 0 Å². The molecule has 94 valence electrons. The monoisotopic (exact) mass is 237 g/mol. The highest BCUT2D eigenvalue weighted by molar-refractivity contribution is 5.92. The van der Waals surface area contributed by atoms with Crippen LogP contribution >= 0.6 is 0 Å². The fraction of sp³-hybridized carbons (Fsp3) is 0.462. The van der Waals surface area contributed by atoms with Gasteiger partial charge in [-0.05, 0) is 37.1 Å². The van der Waals surface area contributed by atoms with Crippen molar-refractivity contribution >= 4 is 5.91 Å². The van der Waals surface area contributed by atoms with Crippen molar-refractivity contribution < 1.29 is 14.6 Å². The van der Waals surface area contributed by atoms with Gasteiger partial charge in [-0.2, -0.15) is 0 Å². The van der Waals surface area contributed by atoms with Gasteiger partial charge in [0.15, 0.2) is 0 Å². The van der Waals surface area contributed by atoms with Gasteiger partial charge < -0.3 is 15.6 Å². The number of hydrogen-bond acceptors (Lipinski definition) is 3. The quantitative estimate of drug-likeness (QED) is 0.791. The molecule has 1 rings (SSSR count). The Morgan fingerprint density at radius 3 is 2.24 bits per heavy atom. The first-order chi connectivity index (χ1) is 8.00. The third-order valence-corrected chi connectivity index (χ3v) is 2.96. The van der Waals surface area contributed by atoms with E-state index >= 15 is 0 Å². The molecule has 0 heterocycles. The average molecular weight is 237 g/mol. The van der Waals surface area contributed by atoms with Crippen molar-refractivity contribution in [1.82, 2.24) is 0 Å². The van der Waals surface area contributed by atoms with Crippen molar-refractivity contribution in [3.8, 4) is 5.75 Å². The third kappa shape index (κ3) is 3.75. The number of amides is 1. The Bertz CT molecular complexity index is 369. The van der Waals surface area contributed by atoms with Gasteiger partial charge in [0.05, 0.1) is 5.60 Å². The zero-order valence-corrected chi connectivity index (χ0v) is 10.3. The van der Waals surface area contributed by atoms with Gasteiger partial charge in [0.2, 0.25) is 5.91 Å². The molecule has 0 saturated carbocycles. The van der Waals surface area contributed by atoms with Crippen molar-refractivity contribution in [2.45, 2.75) is 32.3 Å². The van der Waals surface area contributed by atoms with E-state index in [0.29, 0.717) is 24.2 Å². The predicted octanol–water partition coefficient (Wildman–Crippen LogP) is 1.72. The molecule has 0 bridgehead atoms. The van der Waals surface area contributed by atoms with Crippen LogP contribution in [0, 0.1) is 0 Å². The summed E-state index contributed by atoms with van der Waals surface area (Å²) in [6.45, 7) is 4.09. The molecule has 4 nitrogen and oxygen atoms in total. The van der Waals surface area contributed by atoms with Crippen LogP contribution in [-0.2, 0) is 0 Å². The van der Waals surface area contributed by atoms with E-state index in [4.69, 9.17) is 10.5 Å². The lowest BCUT2D eigenvalue weighted by atomic mass is 9.99. The number of hydrogen-bond donors (Lipinski definition) is 2. The van der Waals surface area contributed by atoms with Crippen molar-refractivity contribution in [2.24, 2.45) is 5.73 Å². The van der Waals surface area contributed by atoms with Gasteiger partial charge >= 0.3 is 0 Å². The van der Waals surface area contributed by atoms with Crippen LogP contribution in [0.5, 0.6) is 5.75 Å². The van der Waals surface area contributed by atoms with Gasteiger partial charge in [-0.3, -0.25) is 4.79 Å². The molecule has 0 spiro atoms. The van der Waals surface area contributed by atoms with Gasteiger partial charge in [-0.1, -0.05) is 13.8 Å². The Kier molecular flexibility index (Phi) is 4.52. The lowest BCUT2D eigenvalue weighted by Crippen LogP contribution is -2.34. The van der Waals surface area contributed by atoms with Gasteiger partial charge in [-0.25, -0.2) is 0 Å². The maximum atomic E-state index is 10.9. The third-order valence-electron chi connectivity index (χ3n) is 2.96. The summed E-state index contributed by atoms with van der Waals surface area (Å²) in [6.07, 6.45) is 1.28. The Hall–Kier alpha value is -1.55. The van der Waals surface area contributed by atoms with Crippen molar-refractivity contribution in [2.75, 3.05) is 6.61 Å². The predicted molar refractivity (Wildman–Crippen MR) is 66.0 cm³/mol. The normalized spacial score (nSPS) is 11.2. The van der Waals surface area contributed by atoms with E-state index in [1.165, 1.54) is 0 Å². The number of rotatable bonds is 6. The van der Waals surface area contributed by atoms with E-state index in [-0.39, 0.29) is 6.61 Å². The number of ether oxygens (including phenoxy) is 1. The summed E-state index contributed by atoms with van der Waals surface area (Å²) < 4.78 is 5.49. The van der Waals surface area contributed by atoms with Crippen LogP contribution < -0.4 is 10.5 Å². The molecule has 0 fully saturated rings. The first kappa shape index (κ1) is 13.5. The molecule has 0 aliphatic carbocycles. The smallest absolute Gasteiger partial charge is 0.248 e. The highest BCUT2D eigenvalue weighted by Crippen LogP contribution is 2.18. The van der Waals surface area contributed by atoms with E-state index in [1.807, 2.05) is 13.8 Å². The minimum Gasteiger partial charge on any atom is -0.491 e. The van der Waals surface area contributed by atoms with Crippen LogP contribution in [0.25, 0.3) is 0 Å². The Balaban J connectivity index is 2.61. The van der Waals surface area contributed by atoms with E-state index < -0.39 is 11.5 Å². The highest BCUT2D eigenvalue weighted by Gasteiger charge is 2.22. The van der Waals surface area contributed by atoms with Crippen LogP contribution in [0.1, 0.15) is 37.0 Å². The molecule has 0 unspecified atom stereocenters. The van der Waals surface area contributed by atoms with Crippen molar-refractivity contribution in [3.05, 3.63) is 29.8 Å². The van der Waals surface area contributed by atoms with Gasteiger partial charge in [-0.15, -0.1) is 0 Å². The SMILES string of the molecule is CCC(O)(CC)COc1ccc(C(N)=O)cc1. The molecule has 0 aliphatic heterocycles. The fourth-order valence-corrected chi connectivity index (χ4v) is 1.39. The molecule has 17 heavy (non-hydrogen) atoms. The van der Waals surface area contributed by atoms with E-state index in [9.17, 15) is 9.90 Å². The topological polar surface area (TPSA) is 72.6 Å². The lowest BCUT2D eigenvalue weighted by Gasteiger charge is -2.25. The first-order valence-electron chi connectivity index (χ1n) is 5.76. The van der Waals surface area contributed by atoms with Gasteiger partial charge in [0, 0.05) is 5.56 Å². The fourth-order valence-electron chi connectivity index (χ4n) is 1.39. The number of aliphatic hydroxyl groups is 1. The van der Waals surface area contributed by atoms with Crippen LogP contribution in [-0.4, -0.2) is 23.2 Å². The molecular formula is C13H19NO3. The number of carbonyl (C=O) groups excluding carboxylic acids is 1. The summed E-state index contributed by atoms with van der Waals surface area (Å²) >= 11 is 0. The van der Waals surface area contributed by atoms with E-state index in [0.717, 1.165) is 0 Å². The molecule has 0 saturated heterocycles. The standard InChI is InChI=1S/C13H19NO3/c1-3-13(16,4-2)9-17-11-7-5-10(6-8-11)12(14)15/h5-8,16H,3-4,9H2,1-2H3,(H2,14,15). The maximum Gasteiger partial charge on any atom is 0.248 e. The Morgan fingerprint density at radius 1 is 1.29 bits per heavy atom.